The topological polar surface area (TPSA) is 37.3 Å². The van der Waals surface area contributed by atoms with Crippen molar-refractivity contribution >= 4 is 5.97 Å². The number of carboxylic acid groups (broad SMARTS) is 1. The lowest BCUT2D eigenvalue weighted by molar-refractivity contribution is -0.136. The summed E-state index contributed by atoms with van der Waals surface area (Å²) in [6.07, 6.45) is 0.792. The monoisotopic (exact) mass is 200 g/mol. The lowest BCUT2D eigenvalue weighted by atomic mass is 10.1. The van der Waals surface area contributed by atoms with Gasteiger partial charge in [0.25, 0.3) is 0 Å². The van der Waals surface area contributed by atoms with Gasteiger partial charge >= 0.3 is 5.97 Å². The van der Waals surface area contributed by atoms with Gasteiger partial charge in [0.05, 0.1) is 0 Å². The Morgan fingerprint density at radius 1 is 1.07 bits per heavy atom. The van der Waals surface area contributed by atoms with E-state index in [0.717, 1.165) is 11.1 Å². The van der Waals surface area contributed by atoms with Gasteiger partial charge in [-0.25, -0.2) is 0 Å². The molecule has 0 saturated carbocycles. The molecule has 0 saturated heterocycles. The van der Waals surface area contributed by atoms with Gasteiger partial charge in [-0.3, -0.25) is 4.79 Å². The molecule has 0 unspecified atom stereocenters. The summed E-state index contributed by atoms with van der Waals surface area (Å²) in [5.74, 6) is -0.746. The Bertz CT molecular complexity index is 448. The van der Waals surface area contributed by atoms with Crippen molar-refractivity contribution in [2.45, 2.75) is 12.8 Å². The highest BCUT2D eigenvalue weighted by molar-refractivity contribution is 5.72. The van der Waals surface area contributed by atoms with Crippen LogP contribution in [-0.4, -0.2) is 11.1 Å². The molecule has 2 nitrogen and oxygen atoms in total. The lowest BCUT2D eigenvalue weighted by Crippen LogP contribution is -1.96. The summed E-state index contributed by atoms with van der Waals surface area (Å²) in [5, 5.41) is 8.63. The number of hydrogen-bond acceptors (Lipinski definition) is 1. The maximum absolute atomic E-state index is 10.5. The van der Waals surface area contributed by atoms with E-state index >= 15 is 0 Å². The Kier molecular flexibility index (Phi) is 2.68. The highest BCUT2D eigenvalue weighted by Gasteiger charge is 2.08. The molecule has 0 fully saturated rings. The maximum Gasteiger partial charge on any atom is 0.303 e. The molecule has 0 atom stereocenters. The summed E-state index contributed by atoms with van der Waals surface area (Å²) in [7, 11) is 0. The van der Waals surface area contributed by atoms with Crippen LogP contribution in [0.3, 0.4) is 0 Å². The second kappa shape index (κ2) is 4.13. The Morgan fingerprint density at radius 2 is 1.87 bits per heavy atom. The van der Waals surface area contributed by atoms with Crippen molar-refractivity contribution in [2.75, 3.05) is 0 Å². The molecule has 2 rings (SSSR count). The first kappa shape index (κ1) is 9.71. The van der Waals surface area contributed by atoms with Crippen molar-refractivity contribution in [3.05, 3.63) is 48.0 Å². The average Bonchev–Trinajstić information content (AvgIpc) is 2.44. The average molecular weight is 200 g/mol. The summed E-state index contributed by atoms with van der Waals surface area (Å²) in [5.41, 5.74) is 3.44. The molecule has 0 spiro atoms. The van der Waals surface area contributed by atoms with Gasteiger partial charge in [0.1, 0.15) is 0 Å². The van der Waals surface area contributed by atoms with Gasteiger partial charge in [0.2, 0.25) is 0 Å². The Labute approximate surface area is 88.5 Å². The third-order valence-electron chi connectivity index (χ3n) is 2.49. The molecule has 2 heteroatoms. The molecule has 0 heterocycles. The fourth-order valence-electron chi connectivity index (χ4n) is 1.74. The zero-order valence-electron chi connectivity index (χ0n) is 8.31. The minimum Gasteiger partial charge on any atom is -0.481 e. The molecular formula is C13H12O2. The number of carbonyl (C=O) groups is 1. The predicted octanol–water partition coefficient (Wildman–Crippen LogP) is 2.81. The molecule has 0 aromatic carbocycles. The number of fused-ring (bicyclic) bond motifs is 1. The van der Waals surface area contributed by atoms with Crippen molar-refractivity contribution in [2.24, 2.45) is 0 Å². The van der Waals surface area contributed by atoms with E-state index in [1.807, 2.05) is 42.5 Å². The number of carboxylic acids is 1. The fourth-order valence-corrected chi connectivity index (χ4v) is 1.74. The summed E-state index contributed by atoms with van der Waals surface area (Å²) in [4.78, 5) is 10.5. The zero-order chi connectivity index (χ0) is 10.7. The number of hydrogen-bond donors (Lipinski definition) is 1. The second-order valence-corrected chi connectivity index (χ2v) is 3.53. The molecule has 15 heavy (non-hydrogen) atoms. The van der Waals surface area contributed by atoms with E-state index < -0.39 is 5.97 Å². The van der Waals surface area contributed by atoms with Crippen LogP contribution in [0.25, 0.3) is 11.1 Å². The minimum absolute atomic E-state index is 0.192. The van der Waals surface area contributed by atoms with Crippen molar-refractivity contribution in [1.82, 2.24) is 0 Å². The Morgan fingerprint density at radius 3 is 2.67 bits per heavy atom. The van der Waals surface area contributed by atoms with Crippen LogP contribution < -0.4 is 0 Å². The van der Waals surface area contributed by atoms with Crippen LogP contribution in [0.5, 0.6) is 0 Å². The Hall–Kier alpha value is -1.83. The predicted molar refractivity (Wildman–Crippen MR) is 59.0 cm³/mol. The summed E-state index contributed by atoms with van der Waals surface area (Å²) in [6, 6.07) is 14.1. The number of aliphatic carboxylic acids is 1. The van der Waals surface area contributed by atoms with Crippen molar-refractivity contribution in [3.8, 4) is 11.1 Å². The standard InChI is InChI=1S/C13H12O2/c14-13(15)9-8-11-7-6-10-4-2-1-3-5-12(10)11/h1-7H,8-9H2,(H,14,15). The molecule has 0 amide bonds. The van der Waals surface area contributed by atoms with Crippen LogP contribution in [0.2, 0.25) is 0 Å². The molecule has 0 aromatic rings. The van der Waals surface area contributed by atoms with Crippen LogP contribution in [0.15, 0.2) is 42.5 Å². The maximum atomic E-state index is 10.5. The van der Waals surface area contributed by atoms with Crippen LogP contribution in [0.1, 0.15) is 12.0 Å². The smallest absolute Gasteiger partial charge is 0.303 e. The zero-order valence-corrected chi connectivity index (χ0v) is 8.31. The largest absolute Gasteiger partial charge is 0.481 e. The van der Waals surface area contributed by atoms with Crippen LogP contribution in [-0.2, 0) is 11.2 Å². The molecule has 76 valence electrons. The third kappa shape index (κ3) is 2.15. The van der Waals surface area contributed by atoms with Gasteiger partial charge in [-0.05, 0) is 23.1 Å². The third-order valence-corrected chi connectivity index (χ3v) is 2.49. The van der Waals surface area contributed by atoms with Crippen LogP contribution in [0.4, 0.5) is 0 Å². The quantitative estimate of drug-likeness (QED) is 0.827. The summed E-state index contributed by atoms with van der Waals surface area (Å²) in [6.45, 7) is 0. The Balaban J connectivity index is 2.28. The highest BCUT2D eigenvalue weighted by atomic mass is 16.4. The molecular weight excluding hydrogens is 188 g/mol. The molecule has 0 aromatic heterocycles. The van der Waals surface area contributed by atoms with Gasteiger partial charge in [-0.1, -0.05) is 42.5 Å². The van der Waals surface area contributed by atoms with E-state index in [1.165, 1.54) is 5.56 Å². The number of aryl methyl sites for hydroxylation is 1. The first-order valence-corrected chi connectivity index (χ1v) is 4.96. The van der Waals surface area contributed by atoms with E-state index in [1.54, 1.807) is 0 Å². The van der Waals surface area contributed by atoms with E-state index in [9.17, 15) is 4.79 Å². The number of rotatable bonds is 3. The second-order valence-electron chi connectivity index (χ2n) is 3.53. The minimum atomic E-state index is -0.746. The fraction of sp³-hybridized carbons (Fsp3) is 0.154. The van der Waals surface area contributed by atoms with Crippen LogP contribution in [0, 0.1) is 0 Å². The molecule has 0 radical (unpaired) electrons. The summed E-state index contributed by atoms with van der Waals surface area (Å²) >= 11 is 0. The SMILES string of the molecule is O=C(O)CCc1ccc2cccccc1-2. The lowest BCUT2D eigenvalue weighted by Gasteiger charge is -1.98. The summed E-state index contributed by atoms with van der Waals surface area (Å²) < 4.78 is 0. The van der Waals surface area contributed by atoms with Crippen LogP contribution >= 0.6 is 0 Å². The van der Waals surface area contributed by atoms with Gasteiger partial charge < -0.3 is 5.11 Å². The van der Waals surface area contributed by atoms with Gasteiger partial charge in [-0.2, -0.15) is 0 Å². The van der Waals surface area contributed by atoms with Crippen molar-refractivity contribution < 1.29 is 9.90 Å². The molecule has 0 bridgehead atoms. The highest BCUT2D eigenvalue weighted by Crippen LogP contribution is 2.27. The van der Waals surface area contributed by atoms with Gasteiger partial charge in [-0.15, -0.1) is 0 Å². The first-order valence-electron chi connectivity index (χ1n) is 4.96. The van der Waals surface area contributed by atoms with Crippen molar-refractivity contribution in [1.29, 1.82) is 0 Å². The van der Waals surface area contributed by atoms with E-state index in [4.69, 9.17) is 5.11 Å². The molecule has 2 aliphatic carbocycles. The molecule has 1 N–H and O–H groups in total. The van der Waals surface area contributed by atoms with Gasteiger partial charge in [0.15, 0.2) is 0 Å². The molecule has 0 aliphatic heterocycles. The normalized spacial score (nSPS) is 10.4. The van der Waals surface area contributed by atoms with E-state index in [2.05, 4.69) is 0 Å². The van der Waals surface area contributed by atoms with Gasteiger partial charge in [0, 0.05) is 6.42 Å². The van der Waals surface area contributed by atoms with Crippen molar-refractivity contribution in [3.63, 3.8) is 0 Å². The van der Waals surface area contributed by atoms with E-state index in [0.29, 0.717) is 6.42 Å². The molecule has 2 aliphatic rings. The van der Waals surface area contributed by atoms with E-state index in [-0.39, 0.29) is 6.42 Å². The first-order chi connectivity index (χ1) is 7.27.